The van der Waals surface area contributed by atoms with Gasteiger partial charge in [-0.05, 0) is 18.6 Å². The number of carbonyl (C=O) groups is 1. The number of anilines is 2. The third-order valence-electron chi connectivity index (χ3n) is 5.56. The highest BCUT2D eigenvalue weighted by molar-refractivity contribution is 7.15. The molecule has 0 unspecified atom stereocenters. The molecule has 1 aliphatic rings. The number of carbonyl (C=O) groups excluding carboxylic acids is 1. The van der Waals surface area contributed by atoms with Gasteiger partial charge in [-0.1, -0.05) is 43.6 Å². The fraction of sp³-hybridized carbons (Fsp3) is 0.417. The Morgan fingerprint density at radius 3 is 2.67 bits per heavy atom. The number of nitrogens with one attached hydrogen (secondary N) is 1. The SMILES string of the molecule is Cc1cc(N2CCN(CC(=O)Nc3ncc(Cc4ccccc4Cl)s3)CC2)nc(C(C)C)n1. The van der Waals surface area contributed by atoms with Gasteiger partial charge in [0.25, 0.3) is 0 Å². The number of piperazine rings is 1. The van der Waals surface area contributed by atoms with E-state index in [9.17, 15) is 4.79 Å². The van der Waals surface area contributed by atoms with E-state index in [-0.39, 0.29) is 5.91 Å². The molecule has 1 aromatic carbocycles. The van der Waals surface area contributed by atoms with Crippen LogP contribution >= 0.6 is 22.9 Å². The van der Waals surface area contributed by atoms with Crippen LogP contribution in [0.15, 0.2) is 36.5 Å². The van der Waals surface area contributed by atoms with E-state index in [1.165, 1.54) is 11.3 Å². The lowest BCUT2D eigenvalue weighted by Gasteiger charge is -2.35. The third kappa shape index (κ3) is 6.28. The van der Waals surface area contributed by atoms with Crippen molar-refractivity contribution < 1.29 is 4.79 Å². The summed E-state index contributed by atoms with van der Waals surface area (Å²) in [7, 11) is 0. The van der Waals surface area contributed by atoms with Crippen LogP contribution in [0.4, 0.5) is 10.9 Å². The quantitative estimate of drug-likeness (QED) is 0.536. The molecule has 0 radical (unpaired) electrons. The van der Waals surface area contributed by atoms with Gasteiger partial charge in [-0.2, -0.15) is 0 Å². The van der Waals surface area contributed by atoms with Crippen molar-refractivity contribution in [3.63, 3.8) is 0 Å². The zero-order chi connectivity index (χ0) is 23.4. The van der Waals surface area contributed by atoms with Crippen LogP contribution in [0, 0.1) is 6.92 Å². The molecule has 1 aliphatic heterocycles. The third-order valence-corrected chi connectivity index (χ3v) is 6.84. The first-order chi connectivity index (χ1) is 15.9. The van der Waals surface area contributed by atoms with E-state index in [4.69, 9.17) is 16.6 Å². The molecule has 1 fully saturated rings. The van der Waals surface area contributed by atoms with Crippen LogP contribution < -0.4 is 10.2 Å². The molecule has 0 aliphatic carbocycles. The number of hydrogen-bond acceptors (Lipinski definition) is 7. The van der Waals surface area contributed by atoms with E-state index < -0.39 is 0 Å². The number of benzene rings is 1. The monoisotopic (exact) mass is 484 g/mol. The highest BCUT2D eigenvalue weighted by atomic mass is 35.5. The first-order valence-electron chi connectivity index (χ1n) is 11.2. The summed E-state index contributed by atoms with van der Waals surface area (Å²) in [6, 6.07) is 9.82. The molecule has 174 valence electrons. The molecule has 4 rings (SSSR count). The minimum Gasteiger partial charge on any atom is -0.354 e. The molecule has 0 saturated carbocycles. The van der Waals surface area contributed by atoms with Crippen LogP contribution in [0.25, 0.3) is 0 Å². The van der Waals surface area contributed by atoms with Crippen molar-refractivity contribution >= 4 is 39.8 Å². The lowest BCUT2D eigenvalue weighted by atomic mass is 10.1. The molecule has 3 heterocycles. The van der Waals surface area contributed by atoms with Crippen LogP contribution in [-0.4, -0.2) is 58.5 Å². The first-order valence-corrected chi connectivity index (χ1v) is 12.4. The van der Waals surface area contributed by atoms with E-state index >= 15 is 0 Å². The Hall–Kier alpha value is -2.55. The average molecular weight is 485 g/mol. The summed E-state index contributed by atoms with van der Waals surface area (Å²) in [5.74, 6) is 2.11. The maximum Gasteiger partial charge on any atom is 0.240 e. The summed E-state index contributed by atoms with van der Waals surface area (Å²) in [6.45, 7) is 9.87. The zero-order valence-electron chi connectivity index (χ0n) is 19.2. The maximum atomic E-state index is 12.6. The number of thiazole rings is 1. The van der Waals surface area contributed by atoms with Gasteiger partial charge in [-0.25, -0.2) is 15.0 Å². The van der Waals surface area contributed by atoms with Gasteiger partial charge in [0.1, 0.15) is 11.6 Å². The van der Waals surface area contributed by atoms with Gasteiger partial charge in [0.2, 0.25) is 5.91 Å². The fourth-order valence-electron chi connectivity index (χ4n) is 3.77. The molecule has 1 N–H and O–H groups in total. The Labute approximate surface area is 203 Å². The highest BCUT2D eigenvalue weighted by Crippen LogP contribution is 2.25. The van der Waals surface area contributed by atoms with Crippen molar-refractivity contribution in [1.82, 2.24) is 19.9 Å². The number of aromatic nitrogens is 3. The summed E-state index contributed by atoms with van der Waals surface area (Å²) in [6.07, 6.45) is 2.51. The molecular formula is C24H29ClN6OS. The van der Waals surface area contributed by atoms with Crippen LogP contribution in [-0.2, 0) is 11.2 Å². The molecule has 2 aromatic heterocycles. The Bertz CT molecular complexity index is 1110. The molecule has 0 spiro atoms. The minimum absolute atomic E-state index is 0.0398. The second-order valence-electron chi connectivity index (χ2n) is 8.59. The van der Waals surface area contributed by atoms with Gasteiger partial charge in [0, 0.05) is 66.4 Å². The molecule has 1 amide bonds. The number of hydrogen-bond donors (Lipinski definition) is 1. The predicted octanol–water partition coefficient (Wildman–Crippen LogP) is 4.37. The minimum atomic E-state index is -0.0398. The number of amides is 1. The van der Waals surface area contributed by atoms with E-state index in [0.717, 1.165) is 59.0 Å². The average Bonchev–Trinajstić information content (AvgIpc) is 3.22. The van der Waals surface area contributed by atoms with Crippen molar-refractivity contribution in [2.45, 2.75) is 33.1 Å². The Morgan fingerprint density at radius 2 is 1.94 bits per heavy atom. The molecule has 1 saturated heterocycles. The Balaban J connectivity index is 1.27. The van der Waals surface area contributed by atoms with Crippen LogP contribution in [0.2, 0.25) is 5.02 Å². The number of nitrogens with zero attached hydrogens (tertiary/aromatic N) is 5. The zero-order valence-corrected chi connectivity index (χ0v) is 20.8. The maximum absolute atomic E-state index is 12.6. The van der Waals surface area contributed by atoms with Crippen LogP contribution in [0.1, 0.15) is 41.7 Å². The molecule has 0 bridgehead atoms. The van der Waals surface area contributed by atoms with Gasteiger partial charge in [0.15, 0.2) is 5.13 Å². The summed E-state index contributed by atoms with van der Waals surface area (Å²) in [4.78, 5) is 31.7. The Morgan fingerprint density at radius 1 is 1.18 bits per heavy atom. The number of halogens is 1. The number of aryl methyl sites for hydroxylation is 1. The van der Waals surface area contributed by atoms with E-state index in [1.54, 1.807) is 6.20 Å². The second-order valence-corrected chi connectivity index (χ2v) is 10.1. The number of rotatable bonds is 7. The lowest BCUT2D eigenvalue weighted by Crippen LogP contribution is -2.49. The predicted molar refractivity (Wildman–Crippen MR) is 135 cm³/mol. The van der Waals surface area contributed by atoms with Gasteiger partial charge >= 0.3 is 0 Å². The molecule has 3 aromatic rings. The first kappa shape index (κ1) is 23.6. The van der Waals surface area contributed by atoms with Crippen molar-refractivity contribution in [2.75, 3.05) is 42.9 Å². The van der Waals surface area contributed by atoms with Crippen LogP contribution in [0.5, 0.6) is 0 Å². The molecule has 9 heteroatoms. The highest BCUT2D eigenvalue weighted by Gasteiger charge is 2.21. The van der Waals surface area contributed by atoms with Gasteiger partial charge in [0.05, 0.1) is 6.54 Å². The largest absolute Gasteiger partial charge is 0.354 e. The summed E-state index contributed by atoms with van der Waals surface area (Å²) in [5, 5.41) is 4.31. The van der Waals surface area contributed by atoms with E-state index in [0.29, 0.717) is 24.0 Å². The Kier molecular flexibility index (Phi) is 7.57. The normalized spacial score (nSPS) is 14.6. The van der Waals surface area contributed by atoms with Crippen molar-refractivity contribution in [3.05, 3.63) is 63.5 Å². The van der Waals surface area contributed by atoms with Gasteiger partial charge in [-0.15, -0.1) is 11.3 Å². The fourth-order valence-corrected chi connectivity index (χ4v) is 4.82. The van der Waals surface area contributed by atoms with E-state index in [2.05, 4.69) is 38.9 Å². The molecule has 33 heavy (non-hydrogen) atoms. The van der Waals surface area contributed by atoms with Crippen LogP contribution in [0.3, 0.4) is 0 Å². The summed E-state index contributed by atoms with van der Waals surface area (Å²) < 4.78 is 0. The molecule has 0 atom stereocenters. The summed E-state index contributed by atoms with van der Waals surface area (Å²) >= 11 is 7.74. The van der Waals surface area contributed by atoms with Gasteiger partial charge < -0.3 is 10.2 Å². The lowest BCUT2D eigenvalue weighted by molar-refractivity contribution is -0.117. The van der Waals surface area contributed by atoms with Gasteiger partial charge in [-0.3, -0.25) is 9.69 Å². The van der Waals surface area contributed by atoms with Crippen molar-refractivity contribution in [2.24, 2.45) is 0 Å². The summed E-state index contributed by atoms with van der Waals surface area (Å²) in [5.41, 5.74) is 2.04. The second kappa shape index (κ2) is 10.6. The molecular weight excluding hydrogens is 456 g/mol. The van der Waals surface area contributed by atoms with Crippen molar-refractivity contribution in [3.8, 4) is 0 Å². The molecule has 7 nitrogen and oxygen atoms in total. The standard InChI is InChI=1S/C24H29ClN6OS/c1-16(2)23-27-17(3)12-21(28-23)31-10-8-30(9-11-31)15-22(32)29-24-26-14-19(33-24)13-18-6-4-5-7-20(18)25/h4-7,12,14,16H,8-11,13,15H2,1-3H3,(H,26,29,32). The van der Waals surface area contributed by atoms with Crippen molar-refractivity contribution in [1.29, 1.82) is 0 Å². The smallest absolute Gasteiger partial charge is 0.240 e. The topological polar surface area (TPSA) is 74.2 Å². The van der Waals surface area contributed by atoms with E-state index in [1.807, 2.05) is 37.3 Å².